The number of ether oxygens (including phenoxy) is 2. The molecule has 2 heterocycles. The minimum absolute atomic E-state index is 0.0154. The summed E-state index contributed by atoms with van der Waals surface area (Å²) in [7, 11) is 0. The van der Waals surface area contributed by atoms with E-state index < -0.39 is 0 Å². The smallest absolute Gasteiger partial charge is 0.279 e. The molecule has 4 rings (SSSR count). The van der Waals surface area contributed by atoms with Crippen LogP contribution in [0.1, 0.15) is 47.8 Å². The molecule has 0 saturated carbocycles. The van der Waals surface area contributed by atoms with Crippen LogP contribution in [-0.4, -0.2) is 38.0 Å². The van der Waals surface area contributed by atoms with Crippen molar-refractivity contribution in [1.29, 1.82) is 0 Å². The molecule has 2 aliphatic heterocycles. The van der Waals surface area contributed by atoms with Crippen LogP contribution in [0.4, 0.5) is 5.69 Å². The summed E-state index contributed by atoms with van der Waals surface area (Å²) in [6, 6.07) is 11.4. The fourth-order valence-electron chi connectivity index (χ4n) is 4.09. The van der Waals surface area contributed by atoms with Crippen LogP contribution < -0.4 is 19.7 Å². The van der Waals surface area contributed by atoms with Crippen molar-refractivity contribution in [3.8, 4) is 11.5 Å². The third-order valence-electron chi connectivity index (χ3n) is 5.74. The van der Waals surface area contributed by atoms with E-state index in [4.69, 9.17) is 9.47 Å². The standard InChI is InChI=1S/C23H26N2O4/c1-15-20-13-22-21(28-9-4-10-29-22)12-18(20)7-8-25(15)14-23(27)24-19-6-3-5-17(11-19)16(2)26/h3,5-6,11-13,15H,4,7-10,14H2,1-2H3,(H,24,27)/p+1/t15-/m0/s1. The molecule has 2 N–H and O–H groups in total. The Balaban J connectivity index is 1.46. The number of carbonyl (C=O) groups is 2. The molecule has 2 aliphatic rings. The summed E-state index contributed by atoms with van der Waals surface area (Å²) in [5, 5.41) is 2.93. The van der Waals surface area contributed by atoms with Crippen molar-refractivity contribution in [2.24, 2.45) is 0 Å². The van der Waals surface area contributed by atoms with Gasteiger partial charge in [-0.25, -0.2) is 0 Å². The number of Topliss-reactive ketones (excluding diaryl/α,β-unsaturated/α-hetero) is 1. The van der Waals surface area contributed by atoms with Crippen molar-refractivity contribution in [2.75, 3.05) is 31.6 Å². The number of rotatable bonds is 4. The summed E-state index contributed by atoms with van der Waals surface area (Å²) >= 11 is 0. The van der Waals surface area contributed by atoms with Crippen LogP contribution in [0.5, 0.6) is 11.5 Å². The van der Waals surface area contributed by atoms with Gasteiger partial charge in [0, 0.05) is 29.7 Å². The quantitative estimate of drug-likeness (QED) is 0.779. The van der Waals surface area contributed by atoms with Crippen LogP contribution in [0, 0.1) is 0 Å². The molecule has 0 saturated heterocycles. The molecule has 2 aromatic rings. The van der Waals surface area contributed by atoms with Crippen LogP contribution in [0.2, 0.25) is 0 Å². The molecule has 0 aliphatic carbocycles. The van der Waals surface area contributed by atoms with Crippen molar-refractivity contribution < 1.29 is 24.0 Å². The summed E-state index contributed by atoms with van der Waals surface area (Å²) in [5.74, 6) is 1.57. The molecule has 6 nitrogen and oxygen atoms in total. The van der Waals surface area contributed by atoms with Crippen molar-refractivity contribution >= 4 is 17.4 Å². The van der Waals surface area contributed by atoms with E-state index in [1.807, 2.05) is 0 Å². The van der Waals surface area contributed by atoms with Crippen molar-refractivity contribution in [1.82, 2.24) is 0 Å². The minimum Gasteiger partial charge on any atom is -0.490 e. The Labute approximate surface area is 170 Å². The van der Waals surface area contributed by atoms with Crippen LogP contribution in [0.3, 0.4) is 0 Å². The van der Waals surface area contributed by atoms with E-state index in [0.717, 1.165) is 30.9 Å². The molecule has 6 heteroatoms. The fraction of sp³-hybridized carbons (Fsp3) is 0.391. The molecule has 0 bridgehead atoms. The molecule has 152 valence electrons. The molecule has 0 radical (unpaired) electrons. The second kappa shape index (κ2) is 8.25. The number of ketones is 1. The van der Waals surface area contributed by atoms with E-state index in [0.29, 0.717) is 31.0 Å². The van der Waals surface area contributed by atoms with E-state index in [-0.39, 0.29) is 17.7 Å². The average molecular weight is 395 g/mol. The molecular formula is C23H27N2O4+. The molecular weight excluding hydrogens is 368 g/mol. The zero-order valence-electron chi connectivity index (χ0n) is 16.9. The highest BCUT2D eigenvalue weighted by Crippen LogP contribution is 2.35. The fourth-order valence-corrected chi connectivity index (χ4v) is 4.09. The molecule has 2 aromatic carbocycles. The van der Waals surface area contributed by atoms with Crippen LogP contribution in [-0.2, 0) is 11.2 Å². The zero-order chi connectivity index (χ0) is 20.4. The Hall–Kier alpha value is -2.86. The van der Waals surface area contributed by atoms with Gasteiger partial charge in [0.1, 0.15) is 6.04 Å². The molecule has 0 aromatic heterocycles. The number of hydrogen-bond acceptors (Lipinski definition) is 4. The van der Waals surface area contributed by atoms with Gasteiger partial charge in [0.15, 0.2) is 23.8 Å². The lowest BCUT2D eigenvalue weighted by atomic mass is 9.93. The number of carbonyl (C=O) groups excluding carboxylic acids is 2. The highest BCUT2D eigenvalue weighted by molar-refractivity contribution is 5.97. The first kappa shape index (κ1) is 19.5. The molecule has 1 amide bonds. The van der Waals surface area contributed by atoms with E-state index in [1.165, 1.54) is 23.0 Å². The number of anilines is 1. The molecule has 2 atom stereocenters. The van der Waals surface area contributed by atoms with E-state index in [1.54, 1.807) is 24.3 Å². The second-order valence-corrected chi connectivity index (χ2v) is 7.79. The molecule has 0 fully saturated rings. The first-order chi connectivity index (χ1) is 14.0. The summed E-state index contributed by atoms with van der Waals surface area (Å²) in [5.41, 5.74) is 3.75. The highest BCUT2D eigenvalue weighted by Gasteiger charge is 2.31. The largest absolute Gasteiger partial charge is 0.490 e. The Morgan fingerprint density at radius 1 is 1.14 bits per heavy atom. The minimum atomic E-state index is -0.0506. The lowest BCUT2D eigenvalue weighted by Crippen LogP contribution is -3.14. The van der Waals surface area contributed by atoms with E-state index >= 15 is 0 Å². The second-order valence-electron chi connectivity index (χ2n) is 7.79. The van der Waals surface area contributed by atoms with E-state index in [9.17, 15) is 9.59 Å². The number of fused-ring (bicyclic) bond motifs is 2. The maximum absolute atomic E-state index is 12.6. The SMILES string of the molecule is CC(=O)c1cccc(NC(=O)C[NH+]2CCc3cc4c(cc3[C@@H]2C)OCCCO4)c1. The predicted molar refractivity (Wildman–Crippen MR) is 110 cm³/mol. The van der Waals surface area contributed by atoms with Crippen LogP contribution in [0.25, 0.3) is 0 Å². The topological polar surface area (TPSA) is 69.1 Å². The number of benzene rings is 2. The summed E-state index contributed by atoms with van der Waals surface area (Å²) in [6.45, 7) is 6.28. The van der Waals surface area contributed by atoms with Crippen molar-refractivity contribution in [3.05, 3.63) is 53.1 Å². The third-order valence-corrected chi connectivity index (χ3v) is 5.74. The lowest BCUT2D eigenvalue weighted by Gasteiger charge is -2.32. The first-order valence-corrected chi connectivity index (χ1v) is 10.2. The van der Waals surface area contributed by atoms with Gasteiger partial charge in [0.25, 0.3) is 5.91 Å². The Morgan fingerprint density at radius 3 is 2.66 bits per heavy atom. The van der Waals surface area contributed by atoms with Crippen molar-refractivity contribution in [2.45, 2.75) is 32.7 Å². The van der Waals surface area contributed by atoms with Gasteiger partial charge in [-0.15, -0.1) is 0 Å². The van der Waals surface area contributed by atoms with Gasteiger partial charge in [-0.05, 0) is 43.7 Å². The number of hydrogen-bond donors (Lipinski definition) is 2. The number of nitrogens with one attached hydrogen (secondary N) is 2. The van der Waals surface area contributed by atoms with Gasteiger partial charge < -0.3 is 19.7 Å². The molecule has 1 unspecified atom stereocenters. The lowest BCUT2D eigenvalue weighted by molar-refractivity contribution is -0.924. The maximum atomic E-state index is 12.6. The highest BCUT2D eigenvalue weighted by atomic mass is 16.5. The third kappa shape index (κ3) is 4.27. The zero-order valence-corrected chi connectivity index (χ0v) is 16.9. The number of quaternary nitrogens is 1. The molecule has 29 heavy (non-hydrogen) atoms. The van der Waals surface area contributed by atoms with Gasteiger partial charge in [-0.3, -0.25) is 9.59 Å². The summed E-state index contributed by atoms with van der Waals surface area (Å²) in [4.78, 5) is 25.4. The predicted octanol–water partition coefficient (Wildman–Crippen LogP) is 2.19. The molecule has 0 spiro atoms. The maximum Gasteiger partial charge on any atom is 0.279 e. The Kier molecular flexibility index (Phi) is 5.53. The van der Waals surface area contributed by atoms with Gasteiger partial charge in [-0.2, -0.15) is 0 Å². The van der Waals surface area contributed by atoms with E-state index in [2.05, 4.69) is 24.4 Å². The van der Waals surface area contributed by atoms with Crippen LogP contribution in [0.15, 0.2) is 36.4 Å². The van der Waals surface area contributed by atoms with Crippen molar-refractivity contribution in [3.63, 3.8) is 0 Å². The Bertz CT molecular complexity index is 940. The summed E-state index contributed by atoms with van der Waals surface area (Å²) in [6.07, 6.45) is 1.79. The first-order valence-electron chi connectivity index (χ1n) is 10.2. The normalized spacial score (nSPS) is 20.3. The van der Waals surface area contributed by atoms with Gasteiger partial charge in [-0.1, -0.05) is 12.1 Å². The van der Waals surface area contributed by atoms with Crippen LogP contribution >= 0.6 is 0 Å². The van der Waals surface area contributed by atoms with Gasteiger partial charge >= 0.3 is 0 Å². The van der Waals surface area contributed by atoms with Gasteiger partial charge in [0.2, 0.25) is 0 Å². The monoisotopic (exact) mass is 395 g/mol. The van der Waals surface area contributed by atoms with Gasteiger partial charge in [0.05, 0.1) is 19.8 Å². The summed E-state index contributed by atoms with van der Waals surface area (Å²) < 4.78 is 11.7. The average Bonchev–Trinajstić information content (AvgIpc) is 2.94. The number of amides is 1. The Morgan fingerprint density at radius 2 is 1.90 bits per heavy atom.